The van der Waals surface area contributed by atoms with Crippen LogP contribution in [0.15, 0.2) is 78.9 Å². The summed E-state index contributed by atoms with van der Waals surface area (Å²) in [6, 6.07) is 19.4. The van der Waals surface area contributed by atoms with E-state index in [0.29, 0.717) is 29.8 Å². The average molecular weight is 589 g/mol. The van der Waals surface area contributed by atoms with E-state index in [4.69, 9.17) is 10.5 Å². The molecule has 0 radical (unpaired) electrons. The van der Waals surface area contributed by atoms with Gasteiger partial charge in [0.1, 0.15) is 23.6 Å². The number of phenolic OH excluding ortho intramolecular Hbond substituents is 1. The molecule has 0 saturated carbocycles. The molecule has 0 spiro atoms. The van der Waals surface area contributed by atoms with Crippen molar-refractivity contribution in [2.75, 3.05) is 5.32 Å². The summed E-state index contributed by atoms with van der Waals surface area (Å²) in [5, 5.41) is 17.5. The summed E-state index contributed by atoms with van der Waals surface area (Å²) < 4.78 is 5.19. The molecule has 11 nitrogen and oxygen atoms in total. The largest absolute Gasteiger partial charge is 0.508 e. The number of primary amides is 1. The summed E-state index contributed by atoms with van der Waals surface area (Å²) in [6.07, 6.45) is 0.876. The average Bonchev–Trinajstić information content (AvgIpc) is 2.98. The van der Waals surface area contributed by atoms with Crippen LogP contribution in [0.4, 0.5) is 5.69 Å². The number of benzene rings is 3. The number of carbonyl (C=O) groups is 5. The molecule has 11 heteroatoms. The normalized spacial score (nSPS) is 11.9. The molecule has 3 rings (SSSR count). The SMILES string of the molecule is CCCC(=O)Oc1ccc(NC(=O)CCC(=O)N[C@@H](Cc2ccccc2)C(=O)N[C@@H](Cc2ccc(O)cc2)C(N)=O)cc1. The molecular weight excluding hydrogens is 552 g/mol. The number of ether oxygens (including phenoxy) is 1. The number of hydrogen-bond acceptors (Lipinski definition) is 7. The predicted molar refractivity (Wildman–Crippen MR) is 160 cm³/mol. The third kappa shape index (κ3) is 11.3. The van der Waals surface area contributed by atoms with Crippen molar-refractivity contribution in [2.24, 2.45) is 5.73 Å². The van der Waals surface area contributed by atoms with Gasteiger partial charge in [0.15, 0.2) is 0 Å². The number of nitrogens with two attached hydrogens (primary N) is 1. The Morgan fingerprint density at radius 1 is 0.744 bits per heavy atom. The van der Waals surface area contributed by atoms with E-state index >= 15 is 0 Å². The minimum absolute atomic E-state index is 0.0609. The minimum Gasteiger partial charge on any atom is -0.508 e. The molecule has 0 aromatic heterocycles. The maximum Gasteiger partial charge on any atom is 0.311 e. The van der Waals surface area contributed by atoms with Crippen molar-refractivity contribution in [1.29, 1.82) is 0 Å². The molecule has 0 bridgehead atoms. The lowest BCUT2D eigenvalue weighted by Crippen LogP contribution is -2.54. The van der Waals surface area contributed by atoms with E-state index in [2.05, 4.69) is 16.0 Å². The Hall–Kier alpha value is -5.19. The third-order valence-electron chi connectivity index (χ3n) is 6.37. The molecule has 4 amide bonds. The molecule has 0 fully saturated rings. The Bertz CT molecular complexity index is 1390. The fourth-order valence-corrected chi connectivity index (χ4v) is 4.13. The van der Waals surface area contributed by atoms with Gasteiger partial charge in [0.2, 0.25) is 23.6 Å². The van der Waals surface area contributed by atoms with Gasteiger partial charge >= 0.3 is 5.97 Å². The van der Waals surface area contributed by atoms with Crippen molar-refractivity contribution in [3.63, 3.8) is 0 Å². The van der Waals surface area contributed by atoms with Crippen molar-refractivity contribution in [1.82, 2.24) is 10.6 Å². The van der Waals surface area contributed by atoms with E-state index in [1.165, 1.54) is 12.1 Å². The molecule has 226 valence electrons. The van der Waals surface area contributed by atoms with Gasteiger partial charge < -0.3 is 31.5 Å². The van der Waals surface area contributed by atoms with Gasteiger partial charge in [-0.25, -0.2) is 0 Å². The highest BCUT2D eigenvalue weighted by Gasteiger charge is 2.26. The molecule has 0 unspecified atom stereocenters. The Morgan fingerprint density at radius 3 is 1.98 bits per heavy atom. The molecule has 6 N–H and O–H groups in total. The van der Waals surface area contributed by atoms with Crippen LogP contribution < -0.4 is 26.4 Å². The van der Waals surface area contributed by atoms with Gasteiger partial charge in [0.05, 0.1) is 0 Å². The van der Waals surface area contributed by atoms with Crippen molar-refractivity contribution in [2.45, 2.75) is 57.5 Å². The molecule has 0 saturated heterocycles. The molecule has 43 heavy (non-hydrogen) atoms. The molecule has 3 aromatic rings. The number of rotatable bonds is 15. The van der Waals surface area contributed by atoms with E-state index in [1.54, 1.807) is 60.7 Å². The first-order valence-electron chi connectivity index (χ1n) is 13.9. The topological polar surface area (TPSA) is 177 Å². The van der Waals surface area contributed by atoms with Crippen LogP contribution in [-0.2, 0) is 36.8 Å². The number of aromatic hydroxyl groups is 1. The smallest absolute Gasteiger partial charge is 0.311 e. The maximum atomic E-state index is 13.3. The van der Waals surface area contributed by atoms with Crippen molar-refractivity contribution < 1.29 is 33.8 Å². The number of amides is 4. The van der Waals surface area contributed by atoms with E-state index in [1.807, 2.05) is 13.0 Å². The number of esters is 1. The standard InChI is InChI=1S/C32H36N4O7/c1-2-6-30(40)43-25-15-11-23(12-16-25)34-28(38)17-18-29(39)35-27(20-21-7-4-3-5-8-21)32(42)36-26(31(33)41)19-22-9-13-24(37)14-10-22/h3-5,7-16,26-27,37H,2,6,17-20H2,1H3,(H2,33,41)(H,34,38)(H,35,39)(H,36,42)/t26-,27-/m0/s1. The summed E-state index contributed by atoms with van der Waals surface area (Å²) >= 11 is 0. The first kappa shape index (κ1) is 32.3. The van der Waals surface area contributed by atoms with Gasteiger partial charge in [-0.2, -0.15) is 0 Å². The Kier molecular flexibility index (Phi) is 12.3. The van der Waals surface area contributed by atoms with Crippen molar-refractivity contribution in [3.05, 3.63) is 90.0 Å². The van der Waals surface area contributed by atoms with Crippen LogP contribution in [-0.4, -0.2) is 46.8 Å². The summed E-state index contributed by atoms with van der Waals surface area (Å²) in [7, 11) is 0. The van der Waals surface area contributed by atoms with Crippen LogP contribution in [0.5, 0.6) is 11.5 Å². The van der Waals surface area contributed by atoms with Crippen molar-refractivity contribution >= 4 is 35.3 Å². The molecule has 0 aliphatic rings. The lowest BCUT2D eigenvalue weighted by atomic mass is 10.0. The van der Waals surface area contributed by atoms with E-state index < -0.39 is 35.7 Å². The van der Waals surface area contributed by atoms with Crippen LogP contribution in [0.3, 0.4) is 0 Å². The second kappa shape index (κ2) is 16.3. The predicted octanol–water partition coefficient (Wildman–Crippen LogP) is 2.76. The monoisotopic (exact) mass is 588 g/mol. The number of hydrogen-bond donors (Lipinski definition) is 5. The number of nitrogens with one attached hydrogen (secondary N) is 3. The zero-order valence-corrected chi connectivity index (χ0v) is 23.9. The van der Waals surface area contributed by atoms with E-state index in [-0.39, 0.29) is 37.4 Å². The molecule has 0 aliphatic carbocycles. The van der Waals surface area contributed by atoms with Crippen LogP contribution in [0.25, 0.3) is 0 Å². The second-order valence-corrected chi connectivity index (χ2v) is 9.94. The number of carbonyl (C=O) groups excluding carboxylic acids is 5. The number of phenols is 1. The Morgan fingerprint density at radius 2 is 1.35 bits per heavy atom. The first-order valence-corrected chi connectivity index (χ1v) is 13.9. The Labute approximate surface area is 249 Å². The molecule has 0 heterocycles. The molecule has 0 aliphatic heterocycles. The minimum atomic E-state index is -1.06. The van der Waals surface area contributed by atoms with E-state index in [0.717, 1.165) is 5.56 Å². The Balaban J connectivity index is 1.58. The zero-order valence-electron chi connectivity index (χ0n) is 23.9. The zero-order chi connectivity index (χ0) is 31.2. The highest BCUT2D eigenvalue weighted by molar-refractivity contribution is 5.95. The van der Waals surface area contributed by atoms with Crippen LogP contribution >= 0.6 is 0 Å². The van der Waals surface area contributed by atoms with Gasteiger partial charge in [-0.05, 0) is 53.9 Å². The van der Waals surface area contributed by atoms with Gasteiger partial charge in [-0.1, -0.05) is 49.4 Å². The van der Waals surface area contributed by atoms with Crippen LogP contribution in [0.1, 0.15) is 43.7 Å². The van der Waals surface area contributed by atoms with Gasteiger partial charge in [0, 0.05) is 37.8 Å². The summed E-state index contributed by atoms with van der Waals surface area (Å²) in [6.45, 7) is 1.87. The van der Waals surface area contributed by atoms with E-state index in [9.17, 15) is 29.1 Å². The lowest BCUT2D eigenvalue weighted by molar-refractivity contribution is -0.134. The summed E-state index contributed by atoms with van der Waals surface area (Å²) in [5.74, 6) is -2.23. The van der Waals surface area contributed by atoms with Gasteiger partial charge in [0.25, 0.3) is 0 Å². The van der Waals surface area contributed by atoms with Gasteiger partial charge in [-0.3, -0.25) is 24.0 Å². The lowest BCUT2D eigenvalue weighted by Gasteiger charge is -2.22. The highest BCUT2D eigenvalue weighted by atomic mass is 16.5. The van der Waals surface area contributed by atoms with Crippen LogP contribution in [0, 0.1) is 0 Å². The van der Waals surface area contributed by atoms with Gasteiger partial charge in [-0.15, -0.1) is 0 Å². The second-order valence-electron chi connectivity index (χ2n) is 9.94. The fourth-order valence-electron chi connectivity index (χ4n) is 4.13. The molecular formula is C32H36N4O7. The molecule has 2 atom stereocenters. The fraction of sp³-hybridized carbons (Fsp3) is 0.281. The number of anilines is 1. The summed E-state index contributed by atoms with van der Waals surface area (Å²) in [5.41, 5.74) is 7.46. The maximum absolute atomic E-state index is 13.3. The van der Waals surface area contributed by atoms with Crippen LogP contribution in [0.2, 0.25) is 0 Å². The summed E-state index contributed by atoms with van der Waals surface area (Å²) in [4.78, 5) is 62.3. The molecule has 3 aromatic carbocycles. The third-order valence-corrected chi connectivity index (χ3v) is 6.37. The van der Waals surface area contributed by atoms with Crippen molar-refractivity contribution in [3.8, 4) is 11.5 Å². The quantitative estimate of drug-likeness (QED) is 0.134. The first-order chi connectivity index (χ1) is 20.6. The highest BCUT2D eigenvalue weighted by Crippen LogP contribution is 2.17.